The van der Waals surface area contributed by atoms with Crippen LogP contribution in [0, 0.1) is 0 Å². The van der Waals surface area contributed by atoms with Crippen molar-refractivity contribution in [1.29, 1.82) is 0 Å². The molecule has 33 heavy (non-hydrogen) atoms. The van der Waals surface area contributed by atoms with Gasteiger partial charge < -0.3 is 14.8 Å². The molecular formula is C23H20N4O5S. The molecular weight excluding hydrogens is 444 g/mol. The Morgan fingerprint density at radius 2 is 1.85 bits per heavy atom. The van der Waals surface area contributed by atoms with Gasteiger partial charge >= 0.3 is 5.97 Å². The van der Waals surface area contributed by atoms with Gasteiger partial charge in [-0.25, -0.2) is 14.8 Å². The molecule has 0 unspecified atom stereocenters. The average molecular weight is 465 g/mol. The lowest BCUT2D eigenvalue weighted by Gasteiger charge is -2.07. The van der Waals surface area contributed by atoms with E-state index in [1.54, 1.807) is 30.3 Å². The number of para-hydroxylation sites is 2. The van der Waals surface area contributed by atoms with Crippen LogP contribution in [0.25, 0.3) is 21.3 Å². The fraction of sp³-hybridized carbons (Fsp3) is 0.174. The van der Waals surface area contributed by atoms with Crippen LogP contribution in [0.15, 0.2) is 59.7 Å². The van der Waals surface area contributed by atoms with Gasteiger partial charge in [-0.15, -0.1) is 0 Å². The van der Waals surface area contributed by atoms with Crippen molar-refractivity contribution in [2.45, 2.75) is 13.0 Å². The molecule has 2 heterocycles. The number of nitrogens with one attached hydrogen (secondary N) is 1. The van der Waals surface area contributed by atoms with Gasteiger partial charge in [0.25, 0.3) is 5.56 Å². The molecule has 0 bridgehead atoms. The highest BCUT2D eigenvalue weighted by molar-refractivity contribution is 7.19. The van der Waals surface area contributed by atoms with Gasteiger partial charge in [0, 0.05) is 18.5 Å². The second-order valence-corrected chi connectivity index (χ2v) is 7.95. The van der Waals surface area contributed by atoms with Gasteiger partial charge in [0.15, 0.2) is 10.8 Å². The summed E-state index contributed by atoms with van der Waals surface area (Å²) >= 11 is 1.14. The number of hydrogen-bond acceptors (Lipinski definition) is 8. The number of aryl methyl sites for hydroxylation is 1. The number of fused-ring (bicyclic) bond motifs is 1. The van der Waals surface area contributed by atoms with Gasteiger partial charge in [0.1, 0.15) is 5.75 Å². The summed E-state index contributed by atoms with van der Waals surface area (Å²) in [7, 11) is 2.80. The number of anilines is 1. The number of aromatic nitrogens is 3. The maximum atomic E-state index is 12.6. The van der Waals surface area contributed by atoms with Crippen molar-refractivity contribution < 1.29 is 19.1 Å². The molecule has 1 N–H and O–H groups in total. The van der Waals surface area contributed by atoms with Crippen LogP contribution in [0.3, 0.4) is 0 Å². The molecule has 0 radical (unpaired) electrons. The predicted molar refractivity (Wildman–Crippen MR) is 125 cm³/mol. The minimum atomic E-state index is -0.624. The van der Waals surface area contributed by atoms with Gasteiger partial charge in [-0.1, -0.05) is 35.6 Å². The van der Waals surface area contributed by atoms with Crippen LogP contribution in [0.2, 0.25) is 0 Å². The van der Waals surface area contributed by atoms with Gasteiger partial charge in [-0.05, 0) is 24.3 Å². The van der Waals surface area contributed by atoms with E-state index in [-0.39, 0.29) is 35.3 Å². The van der Waals surface area contributed by atoms with E-state index in [0.717, 1.165) is 11.3 Å². The number of ether oxygens (including phenoxy) is 2. The number of carbonyl (C=O) groups excluding carboxylic acids is 2. The molecule has 4 rings (SSSR count). The molecule has 2 aromatic carbocycles. The maximum Gasteiger partial charge on any atom is 0.358 e. The predicted octanol–water partition coefficient (Wildman–Crippen LogP) is 3.34. The summed E-state index contributed by atoms with van der Waals surface area (Å²) in [5.74, 6) is -0.416. The molecule has 0 aliphatic rings. The fourth-order valence-corrected chi connectivity index (χ4v) is 4.29. The molecule has 0 fully saturated rings. The van der Waals surface area contributed by atoms with Gasteiger partial charge in [-0.2, -0.15) is 0 Å². The average Bonchev–Trinajstić information content (AvgIpc) is 3.26. The lowest BCUT2D eigenvalue weighted by molar-refractivity contribution is -0.116. The molecule has 0 aliphatic heterocycles. The Morgan fingerprint density at radius 3 is 2.64 bits per heavy atom. The summed E-state index contributed by atoms with van der Waals surface area (Å²) in [4.78, 5) is 46.5. The Morgan fingerprint density at radius 1 is 1.09 bits per heavy atom. The number of benzene rings is 2. The van der Waals surface area contributed by atoms with Gasteiger partial charge in [0.2, 0.25) is 5.91 Å². The highest BCUT2D eigenvalue weighted by Crippen LogP contribution is 2.38. The van der Waals surface area contributed by atoms with Crippen LogP contribution < -0.4 is 15.6 Å². The van der Waals surface area contributed by atoms with Gasteiger partial charge in [0.05, 0.1) is 36.3 Å². The summed E-state index contributed by atoms with van der Waals surface area (Å²) in [6, 6.07) is 14.2. The lowest BCUT2D eigenvalue weighted by atomic mass is 10.1. The second-order valence-electron chi connectivity index (χ2n) is 6.95. The minimum Gasteiger partial charge on any atom is -0.496 e. The number of esters is 1. The summed E-state index contributed by atoms with van der Waals surface area (Å²) in [6.07, 6.45) is 1.45. The molecule has 0 atom stereocenters. The van der Waals surface area contributed by atoms with Crippen molar-refractivity contribution in [2.75, 3.05) is 19.5 Å². The summed E-state index contributed by atoms with van der Waals surface area (Å²) in [5.41, 5.74) is 1.13. The fourth-order valence-electron chi connectivity index (χ4n) is 3.29. The molecule has 4 aromatic rings. The van der Waals surface area contributed by atoms with Crippen LogP contribution in [0.1, 0.15) is 16.9 Å². The first-order chi connectivity index (χ1) is 16.0. The normalized spacial score (nSPS) is 10.7. The minimum absolute atomic E-state index is 0.0249. The lowest BCUT2D eigenvalue weighted by Crippen LogP contribution is -2.23. The first kappa shape index (κ1) is 22.2. The number of rotatable bonds is 7. The Balaban J connectivity index is 1.54. The third kappa shape index (κ3) is 4.60. The van der Waals surface area contributed by atoms with Crippen LogP contribution in [-0.2, 0) is 16.1 Å². The van der Waals surface area contributed by atoms with E-state index in [4.69, 9.17) is 9.47 Å². The summed E-state index contributed by atoms with van der Waals surface area (Å²) < 4.78 is 11.6. The van der Waals surface area contributed by atoms with Crippen molar-refractivity contribution in [1.82, 2.24) is 14.5 Å². The van der Waals surface area contributed by atoms with Crippen LogP contribution in [0.5, 0.6) is 5.75 Å². The Hall–Kier alpha value is -4.05. The third-order valence-corrected chi connectivity index (χ3v) is 5.92. The Kier molecular flexibility index (Phi) is 6.45. The van der Waals surface area contributed by atoms with Gasteiger partial charge in [-0.3, -0.25) is 14.2 Å². The zero-order valence-corrected chi connectivity index (χ0v) is 18.7. The highest BCUT2D eigenvalue weighted by Gasteiger charge is 2.23. The number of thiazole rings is 1. The van der Waals surface area contributed by atoms with Crippen LogP contribution in [-0.4, -0.2) is 40.6 Å². The van der Waals surface area contributed by atoms with Crippen molar-refractivity contribution in [2.24, 2.45) is 0 Å². The molecule has 2 aromatic heterocycles. The molecule has 9 nitrogen and oxygen atoms in total. The quantitative estimate of drug-likeness (QED) is 0.417. The first-order valence-electron chi connectivity index (χ1n) is 9.98. The number of methoxy groups -OCH3 is 2. The van der Waals surface area contributed by atoms with Crippen molar-refractivity contribution in [3.63, 3.8) is 0 Å². The number of amides is 1. The smallest absolute Gasteiger partial charge is 0.358 e. The monoisotopic (exact) mass is 464 g/mol. The molecule has 10 heteroatoms. The third-order valence-electron chi connectivity index (χ3n) is 4.92. The van der Waals surface area contributed by atoms with E-state index in [1.807, 2.05) is 18.2 Å². The molecule has 168 valence electrons. The van der Waals surface area contributed by atoms with E-state index in [1.165, 1.54) is 25.1 Å². The molecule has 0 saturated carbocycles. The topological polar surface area (TPSA) is 112 Å². The zero-order valence-electron chi connectivity index (χ0n) is 17.9. The van der Waals surface area contributed by atoms with E-state index >= 15 is 0 Å². The van der Waals surface area contributed by atoms with Crippen molar-refractivity contribution >= 4 is 39.2 Å². The molecule has 0 aliphatic carbocycles. The second kappa shape index (κ2) is 9.61. The molecule has 0 spiro atoms. The maximum absolute atomic E-state index is 12.6. The number of hydrogen-bond donors (Lipinski definition) is 1. The van der Waals surface area contributed by atoms with E-state index in [9.17, 15) is 14.4 Å². The van der Waals surface area contributed by atoms with E-state index < -0.39 is 5.97 Å². The number of nitrogens with zero attached hydrogens (tertiary/aromatic N) is 3. The standard InChI is InChI=1S/C23H20N4O5S/c1-31-17-10-6-4-8-15(17)20-19(22(30)32-2)26-23(33-20)25-18(28)11-12-27-13-24-16-9-5-3-7-14(16)21(27)29/h3-10,13H,11-12H2,1-2H3,(H,25,26,28). The summed E-state index contributed by atoms with van der Waals surface area (Å²) in [5, 5.41) is 3.43. The number of carbonyl (C=O) groups is 2. The summed E-state index contributed by atoms with van der Waals surface area (Å²) in [6.45, 7) is 0.150. The van der Waals surface area contributed by atoms with Crippen LogP contribution in [0.4, 0.5) is 5.13 Å². The SMILES string of the molecule is COC(=O)c1nc(NC(=O)CCn2cnc3ccccc3c2=O)sc1-c1ccccc1OC. The highest BCUT2D eigenvalue weighted by atomic mass is 32.1. The van der Waals surface area contributed by atoms with E-state index in [0.29, 0.717) is 27.1 Å². The Labute approximate surface area is 192 Å². The van der Waals surface area contributed by atoms with Crippen molar-refractivity contribution in [3.8, 4) is 16.2 Å². The van der Waals surface area contributed by atoms with E-state index in [2.05, 4.69) is 15.3 Å². The Bertz CT molecular complexity index is 1400. The largest absolute Gasteiger partial charge is 0.496 e. The zero-order chi connectivity index (χ0) is 23.4. The van der Waals surface area contributed by atoms with Crippen LogP contribution >= 0.6 is 11.3 Å². The molecule has 1 amide bonds. The van der Waals surface area contributed by atoms with Crippen molar-refractivity contribution in [3.05, 3.63) is 70.9 Å². The first-order valence-corrected chi connectivity index (χ1v) is 10.8. The molecule has 0 saturated heterocycles.